The standard InChI is InChI=1S/C16H15IO2/c1-4-10-5-6-11-12-7-8-13(18-3)14(17)16(12)19-15(11)9(10)2/h5-8H,4H2,1-3H3. The van der Waals surface area contributed by atoms with E-state index in [1.54, 1.807) is 7.11 Å². The summed E-state index contributed by atoms with van der Waals surface area (Å²) in [5, 5.41) is 2.34. The summed E-state index contributed by atoms with van der Waals surface area (Å²) in [6.45, 7) is 4.30. The molecule has 2 aromatic carbocycles. The van der Waals surface area contributed by atoms with Crippen molar-refractivity contribution in [2.45, 2.75) is 20.3 Å². The topological polar surface area (TPSA) is 22.4 Å². The van der Waals surface area contributed by atoms with Gasteiger partial charge >= 0.3 is 0 Å². The van der Waals surface area contributed by atoms with Crippen molar-refractivity contribution in [2.24, 2.45) is 0 Å². The van der Waals surface area contributed by atoms with Crippen molar-refractivity contribution in [3.8, 4) is 5.75 Å². The van der Waals surface area contributed by atoms with Crippen LogP contribution in [0, 0.1) is 10.5 Å². The fraction of sp³-hybridized carbons (Fsp3) is 0.250. The quantitative estimate of drug-likeness (QED) is 0.591. The van der Waals surface area contributed by atoms with Crippen molar-refractivity contribution in [1.82, 2.24) is 0 Å². The second-order valence-electron chi connectivity index (χ2n) is 4.64. The summed E-state index contributed by atoms with van der Waals surface area (Å²) in [5.41, 5.74) is 4.51. The van der Waals surface area contributed by atoms with Crippen molar-refractivity contribution < 1.29 is 9.15 Å². The van der Waals surface area contributed by atoms with Crippen LogP contribution in [0.2, 0.25) is 0 Å². The van der Waals surface area contributed by atoms with Crippen molar-refractivity contribution >= 4 is 44.5 Å². The molecule has 0 radical (unpaired) electrons. The molecule has 19 heavy (non-hydrogen) atoms. The SMILES string of the molecule is CCc1ccc2c(oc3c(I)c(OC)ccc32)c1C. The van der Waals surface area contributed by atoms with Crippen LogP contribution in [0.25, 0.3) is 21.9 Å². The summed E-state index contributed by atoms with van der Waals surface area (Å²) in [6.07, 6.45) is 1.03. The van der Waals surface area contributed by atoms with Gasteiger partial charge in [0, 0.05) is 10.8 Å². The van der Waals surface area contributed by atoms with Crippen molar-refractivity contribution in [2.75, 3.05) is 7.11 Å². The van der Waals surface area contributed by atoms with Crippen LogP contribution in [0.5, 0.6) is 5.75 Å². The van der Waals surface area contributed by atoms with Gasteiger partial charge in [0.25, 0.3) is 0 Å². The average molecular weight is 366 g/mol. The first-order valence-electron chi connectivity index (χ1n) is 6.34. The van der Waals surface area contributed by atoms with Gasteiger partial charge in [0.1, 0.15) is 11.3 Å². The zero-order chi connectivity index (χ0) is 13.6. The predicted octanol–water partition coefficient (Wildman–Crippen LogP) is 5.07. The molecule has 0 N–H and O–H groups in total. The second-order valence-corrected chi connectivity index (χ2v) is 5.72. The molecular formula is C16H15IO2. The third kappa shape index (κ3) is 1.83. The van der Waals surface area contributed by atoms with Gasteiger partial charge in [0.2, 0.25) is 0 Å². The summed E-state index contributed by atoms with van der Waals surface area (Å²) < 4.78 is 12.5. The van der Waals surface area contributed by atoms with E-state index in [4.69, 9.17) is 9.15 Å². The maximum Gasteiger partial charge on any atom is 0.152 e. The number of methoxy groups -OCH3 is 1. The lowest BCUT2D eigenvalue weighted by Crippen LogP contribution is -1.86. The molecule has 0 spiro atoms. The van der Waals surface area contributed by atoms with E-state index >= 15 is 0 Å². The largest absolute Gasteiger partial charge is 0.496 e. The molecule has 0 fully saturated rings. The van der Waals surface area contributed by atoms with Gasteiger partial charge in [-0.25, -0.2) is 0 Å². The number of furan rings is 1. The molecule has 0 unspecified atom stereocenters. The predicted molar refractivity (Wildman–Crippen MR) is 87.1 cm³/mol. The van der Waals surface area contributed by atoms with E-state index in [0.717, 1.165) is 32.3 Å². The molecule has 98 valence electrons. The fourth-order valence-electron chi connectivity index (χ4n) is 2.57. The first-order valence-corrected chi connectivity index (χ1v) is 7.42. The maximum atomic E-state index is 6.11. The summed E-state index contributed by atoms with van der Waals surface area (Å²) in [4.78, 5) is 0. The van der Waals surface area contributed by atoms with E-state index in [1.165, 1.54) is 16.5 Å². The molecule has 0 amide bonds. The molecule has 1 aromatic heterocycles. The van der Waals surface area contributed by atoms with Crippen LogP contribution in [0.15, 0.2) is 28.7 Å². The number of hydrogen-bond acceptors (Lipinski definition) is 2. The minimum Gasteiger partial charge on any atom is -0.496 e. The van der Waals surface area contributed by atoms with Gasteiger partial charge in [-0.15, -0.1) is 0 Å². The third-order valence-electron chi connectivity index (χ3n) is 3.67. The molecule has 3 heteroatoms. The Labute approximate surface area is 125 Å². The molecule has 3 aromatic rings. The minimum atomic E-state index is 0.862. The summed E-state index contributed by atoms with van der Waals surface area (Å²) in [7, 11) is 1.69. The van der Waals surface area contributed by atoms with E-state index in [2.05, 4.69) is 54.6 Å². The summed E-state index contributed by atoms with van der Waals surface area (Å²) >= 11 is 2.28. The van der Waals surface area contributed by atoms with Crippen molar-refractivity contribution in [3.05, 3.63) is 39.0 Å². The smallest absolute Gasteiger partial charge is 0.152 e. The molecule has 0 bridgehead atoms. The molecule has 1 heterocycles. The highest BCUT2D eigenvalue weighted by atomic mass is 127. The Bertz CT molecular complexity index is 707. The Balaban J connectivity index is 2.44. The highest BCUT2D eigenvalue weighted by molar-refractivity contribution is 14.1. The minimum absolute atomic E-state index is 0.862. The molecule has 2 nitrogen and oxygen atoms in total. The monoisotopic (exact) mass is 366 g/mol. The lowest BCUT2D eigenvalue weighted by Gasteiger charge is -2.02. The molecule has 3 rings (SSSR count). The van der Waals surface area contributed by atoms with E-state index < -0.39 is 0 Å². The van der Waals surface area contributed by atoms with E-state index in [-0.39, 0.29) is 0 Å². The highest BCUT2D eigenvalue weighted by Crippen LogP contribution is 2.37. The fourth-order valence-corrected chi connectivity index (χ4v) is 3.37. The van der Waals surface area contributed by atoms with Crippen LogP contribution >= 0.6 is 22.6 Å². The molecule has 0 aliphatic heterocycles. The zero-order valence-electron chi connectivity index (χ0n) is 11.2. The Hall–Kier alpha value is -1.23. The van der Waals surface area contributed by atoms with Crippen LogP contribution in [0.1, 0.15) is 18.1 Å². The van der Waals surface area contributed by atoms with Crippen LogP contribution in [-0.2, 0) is 6.42 Å². The lowest BCUT2D eigenvalue weighted by molar-refractivity contribution is 0.411. The van der Waals surface area contributed by atoms with Gasteiger partial charge in [0.15, 0.2) is 5.58 Å². The first kappa shape index (κ1) is 12.8. The Morgan fingerprint density at radius 3 is 2.47 bits per heavy atom. The van der Waals surface area contributed by atoms with E-state index in [9.17, 15) is 0 Å². The first-order chi connectivity index (χ1) is 9.17. The van der Waals surface area contributed by atoms with Crippen LogP contribution in [0.4, 0.5) is 0 Å². The number of benzene rings is 2. The number of ether oxygens (including phenoxy) is 1. The van der Waals surface area contributed by atoms with Gasteiger partial charge in [-0.05, 0) is 59.2 Å². The maximum absolute atomic E-state index is 6.11. The highest BCUT2D eigenvalue weighted by Gasteiger charge is 2.15. The number of halogens is 1. The lowest BCUT2D eigenvalue weighted by atomic mass is 10.0. The van der Waals surface area contributed by atoms with Crippen molar-refractivity contribution in [3.63, 3.8) is 0 Å². The molecule has 0 atom stereocenters. The van der Waals surface area contributed by atoms with Crippen LogP contribution < -0.4 is 4.74 Å². The molecular weight excluding hydrogens is 351 g/mol. The molecule has 0 aliphatic rings. The van der Waals surface area contributed by atoms with Gasteiger partial charge in [-0.2, -0.15) is 0 Å². The number of hydrogen-bond donors (Lipinski definition) is 0. The molecule has 0 aliphatic carbocycles. The van der Waals surface area contributed by atoms with Gasteiger partial charge < -0.3 is 9.15 Å². The average Bonchev–Trinajstić information content (AvgIpc) is 2.80. The van der Waals surface area contributed by atoms with Gasteiger partial charge in [-0.1, -0.05) is 19.1 Å². The summed E-state index contributed by atoms with van der Waals surface area (Å²) in [6, 6.07) is 8.44. The number of rotatable bonds is 2. The Morgan fingerprint density at radius 1 is 1.11 bits per heavy atom. The molecule has 0 saturated heterocycles. The van der Waals surface area contributed by atoms with E-state index in [0.29, 0.717) is 0 Å². The Kier molecular flexibility index (Phi) is 3.17. The number of aryl methyl sites for hydroxylation is 2. The Morgan fingerprint density at radius 2 is 1.79 bits per heavy atom. The number of fused-ring (bicyclic) bond motifs is 3. The normalized spacial score (nSPS) is 11.4. The van der Waals surface area contributed by atoms with E-state index in [1.807, 2.05) is 6.07 Å². The second kappa shape index (κ2) is 4.71. The summed E-state index contributed by atoms with van der Waals surface area (Å²) in [5.74, 6) is 0.862. The zero-order valence-corrected chi connectivity index (χ0v) is 13.4. The van der Waals surface area contributed by atoms with Gasteiger partial charge in [-0.3, -0.25) is 0 Å². The third-order valence-corrected chi connectivity index (χ3v) is 4.70. The van der Waals surface area contributed by atoms with Crippen LogP contribution in [-0.4, -0.2) is 7.11 Å². The van der Waals surface area contributed by atoms with Crippen molar-refractivity contribution in [1.29, 1.82) is 0 Å². The molecule has 0 saturated carbocycles. The van der Waals surface area contributed by atoms with Crippen LogP contribution in [0.3, 0.4) is 0 Å². The van der Waals surface area contributed by atoms with Gasteiger partial charge in [0.05, 0.1) is 10.7 Å².